The second kappa shape index (κ2) is 8.01. The Morgan fingerprint density at radius 1 is 1.27 bits per heavy atom. The molecule has 0 aliphatic carbocycles. The molecule has 1 amide bonds. The molecule has 0 fully saturated rings. The predicted octanol–water partition coefficient (Wildman–Crippen LogP) is 3.53. The Kier molecular flexibility index (Phi) is 5.52. The van der Waals surface area contributed by atoms with Crippen LogP contribution in [0.1, 0.15) is 6.92 Å². The number of benzene rings is 2. The van der Waals surface area contributed by atoms with Gasteiger partial charge in [0.1, 0.15) is 24.1 Å². The van der Waals surface area contributed by atoms with Crippen LogP contribution in [0.5, 0.6) is 5.75 Å². The van der Waals surface area contributed by atoms with E-state index in [1.807, 2.05) is 24.3 Å². The van der Waals surface area contributed by atoms with Gasteiger partial charge in [-0.15, -0.1) is 11.8 Å². The fourth-order valence-electron chi connectivity index (χ4n) is 2.26. The minimum Gasteiger partial charge on any atom is -0.497 e. The molecule has 0 saturated carbocycles. The predicted molar refractivity (Wildman–Crippen MR) is 98.3 cm³/mol. The molecule has 0 radical (unpaired) electrons. The molecule has 3 aromatic rings. The van der Waals surface area contributed by atoms with E-state index in [2.05, 4.69) is 15.4 Å². The highest BCUT2D eigenvalue weighted by Gasteiger charge is 2.16. The lowest BCUT2D eigenvalue weighted by molar-refractivity contribution is -0.115. The van der Waals surface area contributed by atoms with E-state index in [1.54, 1.807) is 26.2 Å². The van der Waals surface area contributed by atoms with Crippen molar-refractivity contribution in [3.05, 3.63) is 60.9 Å². The van der Waals surface area contributed by atoms with Crippen molar-refractivity contribution in [2.45, 2.75) is 17.1 Å². The SMILES string of the molecule is COc1ccc(SC(C)C(=O)Nc2ccc(-n3cncn3)c(F)c2)cc1. The molecule has 1 heterocycles. The molecule has 26 heavy (non-hydrogen) atoms. The van der Waals surface area contributed by atoms with Gasteiger partial charge in [-0.2, -0.15) is 5.10 Å². The molecule has 0 saturated heterocycles. The van der Waals surface area contributed by atoms with Crippen molar-refractivity contribution in [3.8, 4) is 11.4 Å². The van der Waals surface area contributed by atoms with Crippen LogP contribution >= 0.6 is 11.8 Å². The van der Waals surface area contributed by atoms with Gasteiger partial charge in [0.05, 0.1) is 12.4 Å². The van der Waals surface area contributed by atoms with E-state index >= 15 is 0 Å². The molecule has 1 aromatic heterocycles. The van der Waals surface area contributed by atoms with Crippen LogP contribution in [0, 0.1) is 5.82 Å². The molecule has 0 aliphatic heterocycles. The standard InChI is InChI=1S/C18H17FN4O2S/c1-12(26-15-6-4-14(25-2)5-7-15)18(24)22-13-3-8-17(16(19)9-13)23-11-20-10-21-23/h3-12H,1-2H3,(H,22,24). The molecular formula is C18H17FN4O2S. The topological polar surface area (TPSA) is 69.0 Å². The molecule has 1 N–H and O–H groups in total. The Bertz CT molecular complexity index is 885. The summed E-state index contributed by atoms with van der Waals surface area (Å²) < 4.78 is 20.7. The summed E-state index contributed by atoms with van der Waals surface area (Å²) >= 11 is 1.41. The van der Waals surface area contributed by atoms with Gasteiger partial charge < -0.3 is 10.1 Å². The van der Waals surface area contributed by atoms with Crippen molar-refractivity contribution >= 4 is 23.4 Å². The number of rotatable bonds is 6. The molecule has 134 valence electrons. The Hall–Kier alpha value is -2.87. The molecule has 3 rings (SSSR count). The summed E-state index contributed by atoms with van der Waals surface area (Å²) in [5.41, 5.74) is 0.653. The van der Waals surface area contributed by atoms with Crippen molar-refractivity contribution in [2.75, 3.05) is 12.4 Å². The van der Waals surface area contributed by atoms with E-state index in [-0.39, 0.29) is 16.8 Å². The van der Waals surface area contributed by atoms with Crippen molar-refractivity contribution in [2.24, 2.45) is 0 Å². The van der Waals surface area contributed by atoms with Gasteiger partial charge in [0.25, 0.3) is 0 Å². The molecule has 0 bridgehead atoms. The number of thioether (sulfide) groups is 1. The smallest absolute Gasteiger partial charge is 0.237 e. The second-order valence-corrected chi connectivity index (χ2v) is 6.85. The first-order valence-corrected chi connectivity index (χ1v) is 8.71. The summed E-state index contributed by atoms with van der Waals surface area (Å²) in [5.74, 6) is 0.0527. The van der Waals surface area contributed by atoms with Crippen LogP contribution in [0.4, 0.5) is 10.1 Å². The summed E-state index contributed by atoms with van der Waals surface area (Å²) in [5, 5.41) is 6.27. The monoisotopic (exact) mass is 372 g/mol. The fourth-order valence-corrected chi connectivity index (χ4v) is 3.13. The summed E-state index contributed by atoms with van der Waals surface area (Å²) in [4.78, 5) is 17.1. The van der Waals surface area contributed by atoms with E-state index in [0.717, 1.165) is 10.6 Å². The maximum Gasteiger partial charge on any atom is 0.237 e. The van der Waals surface area contributed by atoms with Crippen molar-refractivity contribution < 1.29 is 13.9 Å². The van der Waals surface area contributed by atoms with Crippen LogP contribution in [0.25, 0.3) is 5.69 Å². The molecule has 6 nitrogen and oxygen atoms in total. The average Bonchev–Trinajstić information content (AvgIpc) is 3.16. The van der Waals surface area contributed by atoms with Gasteiger partial charge in [-0.25, -0.2) is 14.1 Å². The molecule has 1 unspecified atom stereocenters. The Balaban J connectivity index is 1.64. The summed E-state index contributed by atoms with van der Waals surface area (Å²) in [6, 6.07) is 11.9. The Morgan fingerprint density at radius 2 is 2.04 bits per heavy atom. The molecule has 0 aliphatic rings. The number of methoxy groups -OCH3 is 1. The van der Waals surface area contributed by atoms with E-state index in [1.165, 1.54) is 35.2 Å². The lowest BCUT2D eigenvalue weighted by Crippen LogP contribution is -2.22. The Labute approximate surface area is 154 Å². The van der Waals surface area contributed by atoms with Gasteiger partial charge in [0, 0.05) is 10.6 Å². The molecule has 0 spiro atoms. The van der Waals surface area contributed by atoms with Gasteiger partial charge in [0.15, 0.2) is 5.82 Å². The van der Waals surface area contributed by atoms with Crippen LogP contribution in [0.3, 0.4) is 0 Å². The summed E-state index contributed by atoms with van der Waals surface area (Å²) in [7, 11) is 1.60. The highest BCUT2D eigenvalue weighted by Crippen LogP contribution is 2.26. The number of anilines is 1. The molecule has 1 atom stereocenters. The van der Waals surface area contributed by atoms with Crippen LogP contribution in [0.2, 0.25) is 0 Å². The molecule has 2 aromatic carbocycles. The molecular weight excluding hydrogens is 355 g/mol. The second-order valence-electron chi connectivity index (χ2n) is 5.43. The van der Waals surface area contributed by atoms with E-state index in [0.29, 0.717) is 5.69 Å². The third-order valence-electron chi connectivity index (χ3n) is 3.62. The van der Waals surface area contributed by atoms with Crippen LogP contribution in [-0.2, 0) is 4.79 Å². The van der Waals surface area contributed by atoms with Crippen LogP contribution in [-0.4, -0.2) is 33.0 Å². The number of carbonyl (C=O) groups is 1. The third-order valence-corrected chi connectivity index (χ3v) is 4.73. The number of halogens is 1. The zero-order valence-corrected chi connectivity index (χ0v) is 15.0. The van der Waals surface area contributed by atoms with Crippen molar-refractivity contribution in [1.29, 1.82) is 0 Å². The quantitative estimate of drug-likeness (QED) is 0.671. The first-order valence-electron chi connectivity index (χ1n) is 7.83. The van der Waals surface area contributed by atoms with E-state index in [4.69, 9.17) is 4.74 Å². The highest BCUT2D eigenvalue weighted by atomic mass is 32.2. The molecule has 8 heteroatoms. The van der Waals surface area contributed by atoms with E-state index < -0.39 is 5.82 Å². The van der Waals surface area contributed by atoms with Gasteiger partial charge in [0.2, 0.25) is 5.91 Å². The number of hydrogen-bond donors (Lipinski definition) is 1. The number of hydrogen-bond acceptors (Lipinski definition) is 5. The van der Waals surface area contributed by atoms with Crippen LogP contribution < -0.4 is 10.1 Å². The largest absolute Gasteiger partial charge is 0.497 e. The normalized spacial score (nSPS) is 11.8. The average molecular weight is 372 g/mol. The number of ether oxygens (including phenoxy) is 1. The fraction of sp³-hybridized carbons (Fsp3) is 0.167. The first-order chi connectivity index (χ1) is 12.6. The van der Waals surface area contributed by atoms with Gasteiger partial charge in [-0.1, -0.05) is 0 Å². The number of carbonyl (C=O) groups excluding carboxylic acids is 1. The van der Waals surface area contributed by atoms with Gasteiger partial charge in [-0.3, -0.25) is 4.79 Å². The lowest BCUT2D eigenvalue weighted by Gasteiger charge is -2.13. The first kappa shape index (κ1) is 17.9. The highest BCUT2D eigenvalue weighted by molar-refractivity contribution is 8.00. The van der Waals surface area contributed by atoms with Crippen LogP contribution in [0.15, 0.2) is 60.0 Å². The van der Waals surface area contributed by atoms with E-state index in [9.17, 15) is 9.18 Å². The Morgan fingerprint density at radius 3 is 2.65 bits per heavy atom. The minimum atomic E-state index is -0.497. The van der Waals surface area contributed by atoms with Gasteiger partial charge in [-0.05, 0) is 49.4 Å². The summed E-state index contributed by atoms with van der Waals surface area (Å²) in [6.45, 7) is 1.80. The maximum absolute atomic E-state index is 14.2. The maximum atomic E-state index is 14.2. The van der Waals surface area contributed by atoms with Gasteiger partial charge >= 0.3 is 0 Å². The summed E-state index contributed by atoms with van der Waals surface area (Å²) in [6.07, 6.45) is 2.73. The lowest BCUT2D eigenvalue weighted by atomic mass is 10.2. The number of amides is 1. The van der Waals surface area contributed by atoms with Crippen molar-refractivity contribution in [3.63, 3.8) is 0 Å². The van der Waals surface area contributed by atoms with Crippen molar-refractivity contribution in [1.82, 2.24) is 14.8 Å². The zero-order chi connectivity index (χ0) is 18.5. The third kappa shape index (κ3) is 4.20. The minimum absolute atomic E-state index is 0.210. The zero-order valence-electron chi connectivity index (χ0n) is 14.2. The number of nitrogens with zero attached hydrogens (tertiary/aromatic N) is 3. The number of nitrogens with one attached hydrogen (secondary N) is 1. The number of aromatic nitrogens is 3.